The average Bonchev–Trinajstić information content (AvgIpc) is 2.47. The first-order chi connectivity index (χ1) is 5.38. The van der Waals surface area contributed by atoms with Gasteiger partial charge in [-0.3, -0.25) is 5.10 Å². The monoisotopic (exact) mass is 148 g/mol. The molecule has 0 atom stereocenters. The van der Waals surface area contributed by atoms with Gasteiger partial charge in [0, 0.05) is 5.22 Å². The molecule has 1 heterocycles. The number of hydrogen-bond acceptors (Lipinski definition) is 1. The molecule has 0 aromatic carbocycles. The van der Waals surface area contributed by atoms with Crippen molar-refractivity contribution in [1.29, 1.82) is 0 Å². The van der Waals surface area contributed by atoms with E-state index in [1.165, 1.54) is 0 Å². The van der Waals surface area contributed by atoms with Gasteiger partial charge < -0.3 is 0 Å². The Balaban J connectivity index is 3.23. The van der Waals surface area contributed by atoms with Crippen molar-refractivity contribution in [2.24, 2.45) is 0 Å². The topological polar surface area (TPSA) is 28.7 Å². The summed E-state index contributed by atoms with van der Waals surface area (Å²) in [5.74, 6) is 0. The fourth-order valence-corrected chi connectivity index (χ4v) is 0.861. The lowest BCUT2D eigenvalue weighted by molar-refractivity contribution is 1.06. The van der Waals surface area contributed by atoms with Crippen LogP contribution in [0.2, 0.25) is 0 Å². The second-order valence-corrected chi connectivity index (χ2v) is 2.22. The molecule has 0 spiro atoms. The summed E-state index contributed by atoms with van der Waals surface area (Å²) in [6.45, 7) is 3.99. The zero-order valence-corrected chi connectivity index (χ0v) is 6.83. The van der Waals surface area contributed by atoms with E-state index >= 15 is 0 Å². The van der Waals surface area contributed by atoms with Crippen LogP contribution in [0.4, 0.5) is 0 Å². The molecule has 11 heavy (non-hydrogen) atoms. The number of H-pyrrole nitrogens is 1. The number of allylic oxidation sites excluding steroid dienone is 2. The second-order valence-electron chi connectivity index (χ2n) is 2.22. The van der Waals surface area contributed by atoms with Crippen LogP contribution in [0.1, 0.15) is 13.8 Å². The molecule has 0 amide bonds. The van der Waals surface area contributed by atoms with E-state index in [2.05, 4.69) is 10.2 Å². The van der Waals surface area contributed by atoms with Crippen LogP contribution >= 0.6 is 0 Å². The van der Waals surface area contributed by atoms with Crippen LogP contribution in [-0.2, 0) is 0 Å². The minimum Gasteiger partial charge on any atom is -0.278 e. The third-order valence-corrected chi connectivity index (χ3v) is 1.47. The maximum Gasteiger partial charge on any atom is 0.0646 e. The van der Waals surface area contributed by atoms with E-state index in [-0.39, 0.29) is 0 Å². The van der Waals surface area contributed by atoms with Gasteiger partial charge in [-0.15, -0.1) is 0 Å². The highest BCUT2D eigenvalue weighted by Crippen LogP contribution is 1.68. The highest BCUT2D eigenvalue weighted by atomic mass is 15.1. The Hall–Kier alpha value is -1.31. The van der Waals surface area contributed by atoms with Crippen molar-refractivity contribution in [2.75, 3.05) is 0 Å². The maximum atomic E-state index is 3.92. The predicted octanol–water partition coefficient (Wildman–Crippen LogP) is 0.567. The van der Waals surface area contributed by atoms with E-state index in [4.69, 9.17) is 0 Å². The summed E-state index contributed by atoms with van der Waals surface area (Å²) < 4.78 is 0. The molecule has 1 rings (SSSR count). The molecular weight excluding hydrogens is 136 g/mol. The van der Waals surface area contributed by atoms with Gasteiger partial charge in [0.2, 0.25) is 0 Å². The van der Waals surface area contributed by atoms with Crippen molar-refractivity contribution >= 4 is 12.2 Å². The van der Waals surface area contributed by atoms with Crippen molar-refractivity contribution < 1.29 is 0 Å². The minimum absolute atomic E-state index is 1.06. The van der Waals surface area contributed by atoms with E-state index in [1.807, 2.05) is 44.3 Å². The van der Waals surface area contributed by atoms with Gasteiger partial charge in [-0.2, -0.15) is 5.10 Å². The highest BCUT2D eigenvalue weighted by molar-refractivity contribution is 5.35. The zero-order chi connectivity index (χ0) is 8.10. The summed E-state index contributed by atoms with van der Waals surface area (Å²) in [7, 11) is 0. The van der Waals surface area contributed by atoms with E-state index in [0.717, 1.165) is 10.6 Å². The summed E-state index contributed by atoms with van der Waals surface area (Å²) in [6.07, 6.45) is 9.82. The normalized spacial score (nSPS) is 15.1. The van der Waals surface area contributed by atoms with Gasteiger partial charge >= 0.3 is 0 Å². The van der Waals surface area contributed by atoms with E-state index in [9.17, 15) is 0 Å². The van der Waals surface area contributed by atoms with Crippen molar-refractivity contribution in [1.82, 2.24) is 10.2 Å². The Morgan fingerprint density at radius 3 is 2.91 bits per heavy atom. The maximum absolute atomic E-state index is 3.92. The number of aromatic nitrogens is 2. The van der Waals surface area contributed by atoms with Gasteiger partial charge in [-0.05, 0) is 19.9 Å². The summed E-state index contributed by atoms with van der Waals surface area (Å²) >= 11 is 0. The highest BCUT2D eigenvalue weighted by Gasteiger charge is 1.81. The largest absolute Gasteiger partial charge is 0.278 e. The molecule has 2 heteroatoms. The van der Waals surface area contributed by atoms with E-state index in [1.54, 1.807) is 0 Å². The second kappa shape index (κ2) is 3.76. The lowest BCUT2D eigenvalue weighted by Crippen LogP contribution is -2.20. The average molecular weight is 148 g/mol. The van der Waals surface area contributed by atoms with Crippen molar-refractivity contribution in [2.45, 2.75) is 13.8 Å². The Labute approximate surface area is 65.9 Å². The Morgan fingerprint density at radius 1 is 1.45 bits per heavy atom. The third kappa shape index (κ3) is 1.80. The molecule has 1 aromatic heterocycles. The minimum atomic E-state index is 1.06. The van der Waals surface area contributed by atoms with Crippen LogP contribution in [0.25, 0.3) is 12.2 Å². The van der Waals surface area contributed by atoms with Gasteiger partial charge in [0.05, 0.1) is 11.5 Å². The molecule has 0 aliphatic rings. The lowest BCUT2D eigenvalue weighted by atomic mass is 10.4. The predicted molar refractivity (Wildman–Crippen MR) is 47.3 cm³/mol. The first-order valence-corrected chi connectivity index (χ1v) is 3.67. The first-order valence-electron chi connectivity index (χ1n) is 3.67. The van der Waals surface area contributed by atoms with Crippen LogP contribution in [0.3, 0.4) is 0 Å². The Morgan fingerprint density at radius 2 is 2.27 bits per heavy atom. The molecule has 0 bridgehead atoms. The molecule has 0 fully saturated rings. The van der Waals surface area contributed by atoms with Gasteiger partial charge in [0.25, 0.3) is 0 Å². The molecule has 1 N–H and O–H groups in total. The zero-order valence-electron chi connectivity index (χ0n) is 6.83. The quantitative estimate of drug-likeness (QED) is 0.619. The molecule has 0 radical (unpaired) electrons. The van der Waals surface area contributed by atoms with Crippen molar-refractivity contribution in [3.63, 3.8) is 0 Å². The summed E-state index contributed by atoms with van der Waals surface area (Å²) in [6, 6.07) is 0. The Kier molecular flexibility index (Phi) is 2.66. The Bertz CT molecular complexity index is 344. The van der Waals surface area contributed by atoms with Gasteiger partial charge in [-0.25, -0.2) is 0 Å². The smallest absolute Gasteiger partial charge is 0.0646 e. The molecule has 0 aliphatic heterocycles. The number of aromatic amines is 1. The van der Waals surface area contributed by atoms with Gasteiger partial charge in [0.1, 0.15) is 0 Å². The summed E-state index contributed by atoms with van der Waals surface area (Å²) in [5.41, 5.74) is 0. The van der Waals surface area contributed by atoms with Crippen LogP contribution in [0.15, 0.2) is 18.3 Å². The standard InChI is InChI=1S/C9H12N2/c1-3-5-6-9-8(4-2)7-10-11-9/h3-7,11H,1-2H3. The number of nitrogens with one attached hydrogen (secondary N) is 1. The van der Waals surface area contributed by atoms with Crippen LogP contribution in [0, 0.1) is 0 Å². The molecule has 0 saturated heterocycles. The molecule has 0 saturated carbocycles. The third-order valence-electron chi connectivity index (χ3n) is 1.47. The molecular formula is C9H12N2. The van der Waals surface area contributed by atoms with Crippen LogP contribution in [-0.4, -0.2) is 10.2 Å². The van der Waals surface area contributed by atoms with Gasteiger partial charge in [0.15, 0.2) is 0 Å². The van der Waals surface area contributed by atoms with Crippen LogP contribution < -0.4 is 10.6 Å². The number of nitrogens with zero attached hydrogens (tertiary/aromatic N) is 1. The van der Waals surface area contributed by atoms with Crippen molar-refractivity contribution in [3.05, 3.63) is 28.9 Å². The molecule has 0 aliphatic carbocycles. The molecule has 1 aromatic rings. The van der Waals surface area contributed by atoms with Gasteiger partial charge in [-0.1, -0.05) is 18.2 Å². The molecule has 2 nitrogen and oxygen atoms in total. The molecule has 0 unspecified atom stereocenters. The summed E-state index contributed by atoms with van der Waals surface area (Å²) in [5, 5.41) is 9.03. The summed E-state index contributed by atoms with van der Waals surface area (Å²) in [4.78, 5) is 0. The van der Waals surface area contributed by atoms with E-state index < -0.39 is 0 Å². The number of hydrogen-bond donors (Lipinski definition) is 1. The lowest BCUT2D eigenvalue weighted by Gasteiger charge is -1.73. The first kappa shape index (κ1) is 7.79. The van der Waals surface area contributed by atoms with E-state index in [0.29, 0.717) is 0 Å². The fraction of sp³-hybridized carbons (Fsp3) is 0.222. The molecule has 58 valence electrons. The fourth-order valence-electron chi connectivity index (χ4n) is 0.861. The van der Waals surface area contributed by atoms with Crippen LogP contribution in [0.5, 0.6) is 0 Å². The SMILES string of the molecule is CC=CC=c1[nH]ncc1=CC. The number of rotatable bonds is 1. The van der Waals surface area contributed by atoms with Crippen molar-refractivity contribution in [3.8, 4) is 0 Å².